The van der Waals surface area contributed by atoms with Crippen LogP contribution in [-0.4, -0.2) is 21.9 Å². The molecular weight excluding hydrogens is 526 g/mol. The SMILES string of the molecule is O=C1NC(=S)N(c2ccc(Sc3ccccc3)cc2)C(=O)/C1=C/c1ccc(Oc2ccc(Cl)cc2)nc1. The van der Waals surface area contributed by atoms with Crippen LogP contribution in [0.2, 0.25) is 5.02 Å². The van der Waals surface area contributed by atoms with Gasteiger partial charge < -0.3 is 4.74 Å². The molecule has 1 aromatic heterocycles. The van der Waals surface area contributed by atoms with Crippen molar-refractivity contribution in [1.29, 1.82) is 0 Å². The number of amides is 2. The Hall–Kier alpha value is -3.98. The first kappa shape index (κ1) is 24.7. The molecule has 1 saturated heterocycles. The highest BCUT2D eigenvalue weighted by Gasteiger charge is 2.34. The Balaban J connectivity index is 1.33. The molecule has 0 radical (unpaired) electrons. The minimum absolute atomic E-state index is 0.0282. The zero-order chi connectivity index (χ0) is 25.8. The maximum Gasteiger partial charge on any atom is 0.270 e. The molecule has 0 unspecified atom stereocenters. The van der Waals surface area contributed by atoms with Gasteiger partial charge in [0.2, 0.25) is 5.88 Å². The highest BCUT2D eigenvalue weighted by Crippen LogP contribution is 2.30. The van der Waals surface area contributed by atoms with Crippen molar-refractivity contribution >= 4 is 64.3 Å². The van der Waals surface area contributed by atoms with E-state index in [0.29, 0.717) is 27.9 Å². The molecule has 2 amide bonds. The number of thiocarbonyl (C=S) groups is 1. The third kappa shape index (κ3) is 5.89. The van der Waals surface area contributed by atoms with Gasteiger partial charge in [0.05, 0.1) is 5.69 Å². The second kappa shape index (κ2) is 11.0. The van der Waals surface area contributed by atoms with Crippen LogP contribution in [-0.2, 0) is 9.59 Å². The first-order valence-corrected chi connectivity index (χ1v) is 12.7. The van der Waals surface area contributed by atoms with Gasteiger partial charge in [-0.05, 0) is 90.6 Å². The number of halogens is 1. The first-order valence-electron chi connectivity index (χ1n) is 11.1. The number of benzene rings is 3. The Morgan fingerprint density at radius 1 is 0.892 bits per heavy atom. The van der Waals surface area contributed by atoms with Crippen LogP contribution in [0.1, 0.15) is 5.56 Å². The van der Waals surface area contributed by atoms with E-state index in [1.165, 1.54) is 17.2 Å². The predicted molar refractivity (Wildman–Crippen MR) is 149 cm³/mol. The van der Waals surface area contributed by atoms with Gasteiger partial charge in [0, 0.05) is 27.1 Å². The summed E-state index contributed by atoms with van der Waals surface area (Å²) in [5.74, 6) is -0.134. The van der Waals surface area contributed by atoms with E-state index < -0.39 is 11.8 Å². The fraction of sp³-hybridized carbons (Fsp3) is 0. The molecule has 3 aromatic carbocycles. The van der Waals surface area contributed by atoms with Gasteiger partial charge in [-0.2, -0.15) is 0 Å². The van der Waals surface area contributed by atoms with Crippen molar-refractivity contribution in [3.05, 3.63) is 113 Å². The van der Waals surface area contributed by atoms with Crippen molar-refractivity contribution in [2.45, 2.75) is 9.79 Å². The minimum atomic E-state index is -0.566. The largest absolute Gasteiger partial charge is 0.439 e. The fourth-order valence-electron chi connectivity index (χ4n) is 3.51. The van der Waals surface area contributed by atoms with Crippen LogP contribution in [0.15, 0.2) is 113 Å². The topological polar surface area (TPSA) is 71.5 Å². The molecule has 0 aliphatic carbocycles. The third-order valence-corrected chi connectivity index (χ3v) is 6.83. The summed E-state index contributed by atoms with van der Waals surface area (Å²) in [7, 11) is 0. The molecule has 2 heterocycles. The number of rotatable bonds is 6. The second-order valence-electron chi connectivity index (χ2n) is 7.85. The smallest absolute Gasteiger partial charge is 0.270 e. The van der Waals surface area contributed by atoms with Gasteiger partial charge in [0.15, 0.2) is 5.11 Å². The van der Waals surface area contributed by atoms with Gasteiger partial charge in [0.1, 0.15) is 11.3 Å². The number of hydrogen-bond donors (Lipinski definition) is 1. The van der Waals surface area contributed by atoms with E-state index in [9.17, 15) is 9.59 Å². The normalized spacial score (nSPS) is 14.6. The number of nitrogens with zero attached hydrogens (tertiary/aromatic N) is 2. The summed E-state index contributed by atoms with van der Waals surface area (Å²) in [6.45, 7) is 0. The Labute approximate surface area is 227 Å². The molecule has 1 N–H and O–H groups in total. The summed E-state index contributed by atoms with van der Waals surface area (Å²) in [6.07, 6.45) is 3.00. The summed E-state index contributed by atoms with van der Waals surface area (Å²) < 4.78 is 5.69. The number of carbonyl (C=O) groups excluding carboxylic acids is 2. The van der Waals surface area contributed by atoms with Crippen LogP contribution in [0.25, 0.3) is 6.08 Å². The molecule has 1 aliphatic heterocycles. The summed E-state index contributed by atoms with van der Waals surface area (Å²) in [6, 6.07) is 27.7. The summed E-state index contributed by atoms with van der Waals surface area (Å²) in [4.78, 5) is 33.6. The van der Waals surface area contributed by atoms with E-state index in [2.05, 4.69) is 10.3 Å². The van der Waals surface area contributed by atoms with Gasteiger partial charge in [-0.1, -0.05) is 41.6 Å². The van der Waals surface area contributed by atoms with Crippen molar-refractivity contribution in [2.75, 3.05) is 4.90 Å². The van der Waals surface area contributed by atoms with E-state index in [-0.39, 0.29) is 10.7 Å². The monoisotopic (exact) mass is 543 g/mol. The van der Waals surface area contributed by atoms with Gasteiger partial charge in [-0.25, -0.2) is 4.98 Å². The van der Waals surface area contributed by atoms with Gasteiger partial charge in [-0.15, -0.1) is 0 Å². The van der Waals surface area contributed by atoms with Crippen molar-refractivity contribution in [1.82, 2.24) is 10.3 Å². The van der Waals surface area contributed by atoms with Crippen LogP contribution < -0.4 is 15.0 Å². The van der Waals surface area contributed by atoms with E-state index in [0.717, 1.165) is 9.79 Å². The molecule has 0 saturated carbocycles. The molecule has 0 bridgehead atoms. The number of pyridine rings is 1. The first-order chi connectivity index (χ1) is 18.0. The Bertz CT molecular complexity index is 1490. The Kier molecular flexibility index (Phi) is 7.32. The molecule has 1 fully saturated rings. The van der Waals surface area contributed by atoms with Crippen molar-refractivity contribution < 1.29 is 14.3 Å². The molecule has 5 rings (SSSR count). The van der Waals surface area contributed by atoms with E-state index in [4.69, 9.17) is 28.6 Å². The minimum Gasteiger partial charge on any atom is -0.439 e. The van der Waals surface area contributed by atoms with E-state index >= 15 is 0 Å². The Morgan fingerprint density at radius 2 is 1.59 bits per heavy atom. The predicted octanol–water partition coefficient (Wildman–Crippen LogP) is 6.51. The molecule has 0 atom stereocenters. The molecule has 182 valence electrons. The highest BCUT2D eigenvalue weighted by molar-refractivity contribution is 7.99. The van der Waals surface area contributed by atoms with Crippen molar-refractivity contribution in [3.63, 3.8) is 0 Å². The number of aromatic nitrogens is 1. The van der Waals surface area contributed by atoms with Crippen LogP contribution in [0.3, 0.4) is 0 Å². The van der Waals surface area contributed by atoms with Crippen LogP contribution in [0.4, 0.5) is 5.69 Å². The van der Waals surface area contributed by atoms with Crippen LogP contribution in [0, 0.1) is 0 Å². The lowest BCUT2D eigenvalue weighted by Crippen LogP contribution is -2.54. The van der Waals surface area contributed by atoms with Crippen LogP contribution >= 0.6 is 35.6 Å². The average molecular weight is 544 g/mol. The third-order valence-electron chi connectivity index (χ3n) is 5.28. The lowest BCUT2D eigenvalue weighted by molar-refractivity contribution is -0.122. The zero-order valence-electron chi connectivity index (χ0n) is 19.1. The maximum atomic E-state index is 13.3. The molecule has 4 aromatic rings. The number of nitrogens with one attached hydrogen (secondary N) is 1. The number of anilines is 1. The van der Waals surface area contributed by atoms with E-state index in [1.807, 2.05) is 42.5 Å². The van der Waals surface area contributed by atoms with Gasteiger partial charge in [0.25, 0.3) is 11.8 Å². The second-order valence-corrected chi connectivity index (χ2v) is 9.82. The van der Waals surface area contributed by atoms with Gasteiger partial charge in [-0.3, -0.25) is 19.8 Å². The summed E-state index contributed by atoms with van der Waals surface area (Å²) in [5.41, 5.74) is 1.07. The van der Waals surface area contributed by atoms with E-state index in [1.54, 1.807) is 60.3 Å². The molecule has 0 spiro atoms. The lowest BCUT2D eigenvalue weighted by Gasteiger charge is -2.29. The summed E-state index contributed by atoms with van der Waals surface area (Å²) in [5, 5.41) is 3.23. The number of ether oxygens (including phenoxy) is 1. The van der Waals surface area contributed by atoms with Crippen LogP contribution in [0.5, 0.6) is 11.6 Å². The molecule has 6 nitrogen and oxygen atoms in total. The number of carbonyl (C=O) groups is 2. The molecule has 9 heteroatoms. The average Bonchev–Trinajstić information content (AvgIpc) is 2.90. The summed E-state index contributed by atoms with van der Waals surface area (Å²) >= 11 is 12.8. The number of hydrogen-bond acceptors (Lipinski definition) is 6. The Morgan fingerprint density at radius 3 is 2.27 bits per heavy atom. The van der Waals surface area contributed by atoms with Gasteiger partial charge >= 0.3 is 0 Å². The maximum absolute atomic E-state index is 13.3. The molecular formula is C28H18ClN3O3S2. The lowest BCUT2D eigenvalue weighted by atomic mass is 10.1. The molecule has 37 heavy (non-hydrogen) atoms. The molecule has 1 aliphatic rings. The zero-order valence-corrected chi connectivity index (χ0v) is 21.5. The van der Waals surface area contributed by atoms with Crippen molar-refractivity contribution in [2.24, 2.45) is 0 Å². The fourth-order valence-corrected chi connectivity index (χ4v) is 4.75. The van der Waals surface area contributed by atoms with Crippen molar-refractivity contribution in [3.8, 4) is 11.6 Å². The standard InChI is InChI=1S/C28H18ClN3O3S2/c29-19-7-11-21(12-8-19)35-25-15-6-18(17-30-25)16-24-26(33)31-28(36)32(27(24)34)20-9-13-23(14-10-20)37-22-4-2-1-3-5-22/h1-17H,(H,31,33,36)/b24-16+. The highest BCUT2D eigenvalue weighted by atomic mass is 35.5. The quantitative estimate of drug-likeness (QED) is 0.170.